The molecule has 0 unspecified atom stereocenters. The van der Waals surface area contributed by atoms with Gasteiger partial charge in [0.2, 0.25) is 5.91 Å². The second-order valence-corrected chi connectivity index (χ2v) is 5.07. The Morgan fingerprint density at radius 1 is 1.25 bits per heavy atom. The summed E-state index contributed by atoms with van der Waals surface area (Å²) in [7, 11) is 1.58. The van der Waals surface area contributed by atoms with Crippen molar-refractivity contribution in [1.82, 2.24) is 10.6 Å². The van der Waals surface area contributed by atoms with Crippen molar-refractivity contribution < 1.29 is 9.59 Å². The lowest BCUT2D eigenvalue weighted by Gasteiger charge is -2.12. The molecule has 1 fully saturated rings. The number of hydrogen-bond acceptors (Lipinski definition) is 3. The number of rotatable bonds is 5. The van der Waals surface area contributed by atoms with Crippen LogP contribution in [0.3, 0.4) is 0 Å². The molecule has 3 N–H and O–H groups in total. The predicted molar refractivity (Wildman–Crippen MR) is 78.7 cm³/mol. The molecular weight excluding hydrogens is 254 g/mol. The second kappa shape index (κ2) is 7.05. The average molecular weight is 275 g/mol. The number of anilines is 1. The van der Waals surface area contributed by atoms with E-state index in [0.717, 1.165) is 12.8 Å². The second-order valence-electron chi connectivity index (χ2n) is 5.07. The molecule has 0 heterocycles. The molecule has 0 bridgehead atoms. The summed E-state index contributed by atoms with van der Waals surface area (Å²) in [4.78, 5) is 23.4. The Kier molecular flexibility index (Phi) is 5.12. The molecular formula is C15H21N3O2. The molecule has 1 aromatic rings. The molecule has 5 heteroatoms. The smallest absolute Gasteiger partial charge is 0.251 e. The largest absolute Gasteiger partial charge is 0.355 e. The van der Waals surface area contributed by atoms with Gasteiger partial charge >= 0.3 is 0 Å². The first-order chi connectivity index (χ1) is 9.69. The van der Waals surface area contributed by atoms with Gasteiger partial charge in [-0.2, -0.15) is 0 Å². The van der Waals surface area contributed by atoms with Crippen LogP contribution in [0.1, 0.15) is 36.0 Å². The summed E-state index contributed by atoms with van der Waals surface area (Å²) in [6.07, 6.45) is 4.79. The maximum absolute atomic E-state index is 11.8. The maximum atomic E-state index is 11.8. The van der Waals surface area contributed by atoms with Crippen LogP contribution in [-0.4, -0.2) is 31.4 Å². The zero-order chi connectivity index (χ0) is 14.4. The Hall–Kier alpha value is -1.88. The van der Waals surface area contributed by atoms with E-state index >= 15 is 0 Å². The van der Waals surface area contributed by atoms with Crippen molar-refractivity contribution in [2.24, 2.45) is 0 Å². The monoisotopic (exact) mass is 275 g/mol. The van der Waals surface area contributed by atoms with Gasteiger partial charge < -0.3 is 16.0 Å². The van der Waals surface area contributed by atoms with E-state index in [4.69, 9.17) is 0 Å². The van der Waals surface area contributed by atoms with E-state index in [0.29, 0.717) is 23.8 Å². The van der Waals surface area contributed by atoms with Gasteiger partial charge in [-0.15, -0.1) is 0 Å². The van der Waals surface area contributed by atoms with Crippen molar-refractivity contribution in [3.63, 3.8) is 0 Å². The van der Waals surface area contributed by atoms with Gasteiger partial charge in [-0.05, 0) is 31.0 Å². The molecule has 0 aromatic heterocycles. The molecule has 0 radical (unpaired) electrons. The summed E-state index contributed by atoms with van der Waals surface area (Å²) in [5, 5.41) is 8.62. The van der Waals surface area contributed by atoms with Gasteiger partial charge in [0.1, 0.15) is 0 Å². The quantitative estimate of drug-likeness (QED) is 0.763. The highest BCUT2D eigenvalue weighted by Crippen LogP contribution is 2.17. The first-order valence-electron chi connectivity index (χ1n) is 7.04. The lowest BCUT2D eigenvalue weighted by molar-refractivity contribution is -0.115. The van der Waals surface area contributed by atoms with Gasteiger partial charge in [-0.25, -0.2) is 0 Å². The third kappa shape index (κ3) is 4.06. The summed E-state index contributed by atoms with van der Waals surface area (Å²) >= 11 is 0. The summed E-state index contributed by atoms with van der Waals surface area (Å²) in [5.41, 5.74) is 1.18. The molecule has 1 aliphatic carbocycles. The van der Waals surface area contributed by atoms with Crippen LogP contribution in [0.5, 0.6) is 0 Å². The minimum atomic E-state index is -0.162. The first-order valence-corrected chi connectivity index (χ1v) is 7.04. The topological polar surface area (TPSA) is 70.2 Å². The maximum Gasteiger partial charge on any atom is 0.251 e. The van der Waals surface area contributed by atoms with Crippen molar-refractivity contribution in [1.29, 1.82) is 0 Å². The summed E-state index contributed by atoms with van der Waals surface area (Å²) in [6.45, 7) is 0.314. The number of hydrogen-bond donors (Lipinski definition) is 3. The summed E-state index contributed by atoms with van der Waals surface area (Å²) < 4.78 is 0. The van der Waals surface area contributed by atoms with E-state index in [1.165, 1.54) is 12.8 Å². The van der Waals surface area contributed by atoms with Crippen molar-refractivity contribution in [3.05, 3.63) is 29.8 Å². The number of benzene rings is 1. The SMILES string of the molecule is CNC(=O)c1cccc(NC(=O)CNC2CCCC2)c1. The van der Waals surface area contributed by atoms with Crippen LogP contribution in [0.4, 0.5) is 5.69 Å². The Balaban J connectivity index is 1.85. The van der Waals surface area contributed by atoms with Crippen LogP contribution >= 0.6 is 0 Å². The van der Waals surface area contributed by atoms with Gasteiger partial charge in [0, 0.05) is 24.3 Å². The molecule has 1 saturated carbocycles. The van der Waals surface area contributed by atoms with E-state index in [9.17, 15) is 9.59 Å². The normalized spacial score (nSPS) is 15.1. The Morgan fingerprint density at radius 2 is 2.00 bits per heavy atom. The van der Waals surface area contributed by atoms with Crippen molar-refractivity contribution in [3.8, 4) is 0 Å². The fourth-order valence-electron chi connectivity index (χ4n) is 2.45. The third-order valence-corrected chi connectivity index (χ3v) is 3.54. The van der Waals surface area contributed by atoms with E-state index in [1.54, 1.807) is 31.3 Å². The molecule has 1 aliphatic rings. The highest BCUT2D eigenvalue weighted by atomic mass is 16.2. The molecule has 0 spiro atoms. The Morgan fingerprint density at radius 3 is 2.70 bits per heavy atom. The Bertz CT molecular complexity index is 482. The zero-order valence-corrected chi connectivity index (χ0v) is 11.7. The number of amides is 2. The third-order valence-electron chi connectivity index (χ3n) is 3.54. The Labute approximate surface area is 119 Å². The molecule has 2 amide bonds. The molecule has 0 aliphatic heterocycles. The van der Waals surface area contributed by atoms with Crippen molar-refractivity contribution >= 4 is 17.5 Å². The van der Waals surface area contributed by atoms with Gasteiger partial charge in [0.25, 0.3) is 5.91 Å². The minimum absolute atomic E-state index is 0.0778. The summed E-state index contributed by atoms with van der Waals surface area (Å²) in [5.74, 6) is -0.240. The van der Waals surface area contributed by atoms with Gasteiger partial charge in [0.15, 0.2) is 0 Å². The van der Waals surface area contributed by atoms with Crippen molar-refractivity contribution in [2.45, 2.75) is 31.7 Å². The summed E-state index contributed by atoms with van der Waals surface area (Å²) in [6, 6.07) is 7.39. The first kappa shape index (κ1) is 14.5. The highest BCUT2D eigenvalue weighted by Gasteiger charge is 2.15. The number of carbonyl (C=O) groups excluding carboxylic acids is 2. The molecule has 1 aromatic carbocycles. The van der Waals surface area contributed by atoms with E-state index in [-0.39, 0.29) is 11.8 Å². The van der Waals surface area contributed by atoms with Gasteiger partial charge in [-0.1, -0.05) is 18.9 Å². The van der Waals surface area contributed by atoms with Crippen LogP contribution in [-0.2, 0) is 4.79 Å². The lowest BCUT2D eigenvalue weighted by Crippen LogP contribution is -2.34. The molecule has 108 valence electrons. The number of carbonyl (C=O) groups is 2. The van der Waals surface area contributed by atoms with Crippen LogP contribution in [0, 0.1) is 0 Å². The standard InChI is InChI=1S/C15H21N3O2/c1-16-15(20)11-5-4-8-13(9-11)18-14(19)10-17-12-6-2-3-7-12/h4-5,8-9,12,17H,2-3,6-7,10H2,1H3,(H,16,20)(H,18,19). The molecule has 20 heavy (non-hydrogen) atoms. The molecule has 2 rings (SSSR count). The highest BCUT2D eigenvalue weighted by molar-refractivity contribution is 5.97. The molecule has 0 atom stereocenters. The predicted octanol–water partition coefficient (Wildman–Crippen LogP) is 1.52. The average Bonchev–Trinajstić information content (AvgIpc) is 2.98. The van der Waals surface area contributed by atoms with Gasteiger partial charge in [0.05, 0.1) is 6.54 Å². The number of nitrogens with one attached hydrogen (secondary N) is 3. The van der Waals surface area contributed by atoms with Crippen molar-refractivity contribution in [2.75, 3.05) is 18.9 Å². The van der Waals surface area contributed by atoms with E-state index in [2.05, 4.69) is 16.0 Å². The minimum Gasteiger partial charge on any atom is -0.355 e. The fraction of sp³-hybridized carbons (Fsp3) is 0.467. The van der Waals surface area contributed by atoms with Crippen LogP contribution in [0.15, 0.2) is 24.3 Å². The molecule has 0 saturated heterocycles. The van der Waals surface area contributed by atoms with Gasteiger partial charge in [-0.3, -0.25) is 9.59 Å². The fourth-order valence-corrected chi connectivity index (χ4v) is 2.45. The van der Waals surface area contributed by atoms with Crippen LogP contribution in [0.25, 0.3) is 0 Å². The molecule has 5 nitrogen and oxygen atoms in total. The zero-order valence-electron chi connectivity index (χ0n) is 11.7. The van der Waals surface area contributed by atoms with Crippen LogP contribution < -0.4 is 16.0 Å². The van der Waals surface area contributed by atoms with E-state index in [1.807, 2.05) is 0 Å². The van der Waals surface area contributed by atoms with Crippen LogP contribution in [0.2, 0.25) is 0 Å². The van der Waals surface area contributed by atoms with E-state index < -0.39 is 0 Å². The lowest BCUT2D eigenvalue weighted by atomic mass is 10.2.